The normalized spacial score (nSPS) is 17.9. The summed E-state index contributed by atoms with van der Waals surface area (Å²) in [5.74, 6) is 0.370. The van der Waals surface area contributed by atoms with Gasteiger partial charge in [0, 0.05) is 17.7 Å². The quantitative estimate of drug-likeness (QED) is 0.649. The van der Waals surface area contributed by atoms with Gasteiger partial charge in [0.15, 0.2) is 11.6 Å². The fourth-order valence-corrected chi connectivity index (χ4v) is 3.23. The molecular formula is C23H23F3N2O. The third-order valence-corrected chi connectivity index (χ3v) is 5.01. The Bertz CT molecular complexity index is 990. The second-order valence-electron chi connectivity index (χ2n) is 7.11. The van der Waals surface area contributed by atoms with E-state index < -0.39 is 17.8 Å². The number of aromatic nitrogens is 1. The highest BCUT2D eigenvalue weighted by Gasteiger charge is 2.34. The number of hydrogen-bond acceptors (Lipinski definition) is 3. The molecule has 152 valence electrons. The fraction of sp³-hybridized carbons (Fsp3) is 0.261. The van der Waals surface area contributed by atoms with Crippen LogP contribution in [0.2, 0.25) is 0 Å². The Morgan fingerprint density at radius 3 is 2.59 bits per heavy atom. The van der Waals surface area contributed by atoms with E-state index in [4.69, 9.17) is 10.5 Å². The molecule has 0 saturated heterocycles. The van der Waals surface area contributed by atoms with Crippen LogP contribution < -0.4 is 10.5 Å². The highest BCUT2D eigenvalue weighted by Crippen LogP contribution is 2.37. The zero-order valence-electron chi connectivity index (χ0n) is 16.5. The van der Waals surface area contributed by atoms with Gasteiger partial charge in [-0.1, -0.05) is 48.1 Å². The highest BCUT2D eigenvalue weighted by atomic mass is 19.4. The molecule has 29 heavy (non-hydrogen) atoms. The van der Waals surface area contributed by atoms with E-state index in [9.17, 15) is 13.2 Å². The zero-order chi connectivity index (χ0) is 21.2. The number of nitrogens with zero attached hydrogens (tertiary/aromatic N) is 1. The van der Waals surface area contributed by atoms with Crippen molar-refractivity contribution in [3.05, 3.63) is 88.7 Å². The van der Waals surface area contributed by atoms with Gasteiger partial charge in [0.2, 0.25) is 0 Å². The Hall–Kier alpha value is -3.02. The van der Waals surface area contributed by atoms with Crippen molar-refractivity contribution in [1.29, 1.82) is 0 Å². The van der Waals surface area contributed by atoms with Crippen LogP contribution in [0.3, 0.4) is 0 Å². The van der Waals surface area contributed by atoms with Crippen molar-refractivity contribution >= 4 is 5.82 Å². The van der Waals surface area contributed by atoms with Crippen molar-refractivity contribution < 1.29 is 17.9 Å². The lowest BCUT2D eigenvalue weighted by Gasteiger charge is -2.21. The first-order valence-corrected chi connectivity index (χ1v) is 9.29. The van der Waals surface area contributed by atoms with E-state index in [-0.39, 0.29) is 23.0 Å². The Morgan fingerprint density at radius 1 is 1.14 bits per heavy atom. The van der Waals surface area contributed by atoms with Gasteiger partial charge < -0.3 is 10.5 Å². The van der Waals surface area contributed by atoms with Gasteiger partial charge in [0.05, 0.1) is 5.56 Å². The second kappa shape index (κ2) is 8.15. The molecule has 0 spiro atoms. The average Bonchev–Trinajstić information content (AvgIpc) is 2.84. The fourth-order valence-electron chi connectivity index (χ4n) is 3.23. The number of hydrogen-bond donors (Lipinski definition) is 1. The number of ether oxygens (including phenoxy) is 1. The number of halogens is 3. The predicted molar refractivity (Wildman–Crippen MR) is 109 cm³/mol. The van der Waals surface area contributed by atoms with Gasteiger partial charge in [-0.3, -0.25) is 0 Å². The number of rotatable bonds is 4. The molecule has 0 aliphatic heterocycles. The van der Waals surface area contributed by atoms with E-state index in [2.05, 4.69) is 11.1 Å². The molecule has 1 aliphatic carbocycles. The largest absolute Gasteiger partial charge is 0.482 e. The molecule has 0 radical (unpaired) electrons. The monoisotopic (exact) mass is 400 g/mol. The molecule has 2 aromatic rings. The first-order chi connectivity index (χ1) is 13.7. The summed E-state index contributed by atoms with van der Waals surface area (Å²) in [6.45, 7) is 5.64. The number of benzene rings is 1. The van der Waals surface area contributed by atoms with Gasteiger partial charge in [-0.05, 0) is 44.0 Å². The van der Waals surface area contributed by atoms with Crippen molar-refractivity contribution in [3.63, 3.8) is 0 Å². The predicted octanol–water partition coefficient (Wildman–Crippen LogP) is 6.37. The minimum atomic E-state index is -4.46. The Morgan fingerprint density at radius 2 is 1.86 bits per heavy atom. The van der Waals surface area contributed by atoms with Gasteiger partial charge >= 0.3 is 6.18 Å². The summed E-state index contributed by atoms with van der Waals surface area (Å²) in [5.41, 5.74) is 8.44. The van der Waals surface area contributed by atoms with Crippen LogP contribution in [0.5, 0.6) is 5.75 Å². The Kier molecular flexibility index (Phi) is 5.82. The van der Waals surface area contributed by atoms with Crippen LogP contribution >= 0.6 is 0 Å². The summed E-state index contributed by atoms with van der Waals surface area (Å²) < 4.78 is 45.8. The molecule has 1 aromatic heterocycles. The van der Waals surface area contributed by atoms with Crippen LogP contribution in [0, 0.1) is 0 Å². The SMILES string of the molecule is CC1=CC=CC(c2cnc(N)c(OC(C)c3ccccc3C(F)(F)F)c2)C=C1C. The number of nitrogen functional groups attached to an aromatic ring is 1. The average molecular weight is 400 g/mol. The smallest absolute Gasteiger partial charge is 0.416 e. The van der Waals surface area contributed by atoms with Crippen LogP contribution in [0.1, 0.15) is 49.5 Å². The van der Waals surface area contributed by atoms with Crippen molar-refractivity contribution in [2.24, 2.45) is 0 Å². The molecule has 0 fully saturated rings. The lowest BCUT2D eigenvalue weighted by molar-refractivity contribution is -0.138. The summed E-state index contributed by atoms with van der Waals surface area (Å²) >= 11 is 0. The number of alkyl halides is 3. The third-order valence-electron chi connectivity index (χ3n) is 5.01. The van der Waals surface area contributed by atoms with E-state index in [1.165, 1.54) is 17.7 Å². The van der Waals surface area contributed by atoms with Crippen LogP contribution in [0.4, 0.5) is 19.0 Å². The van der Waals surface area contributed by atoms with Gasteiger partial charge in [-0.25, -0.2) is 4.98 Å². The molecule has 1 heterocycles. The van der Waals surface area contributed by atoms with Crippen molar-refractivity contribution in [3.8, 4) is 5.75 Å². The lowest BCUT2D eigenvalue weighted by Crippen LogP contribution is -2.14. The molecule has 3 rings (SSSR count). The maximum atomic E-state index is 13.3. The number of anilines is 1. The van der Waals surface area contributed by atoms with Gasteiger partial charge in [0.1, 0.15) is 6.10 Å². The van der Waals surface area contributed by atoms with Crippen LogP contribution in [-0.4, -0.2) is 4.98 Å². The molecule has 1 aromatic carbocycles. The number of nitrogens with two attached hydrogens (primary N) is 1. The molecule has 0 amide bonds. The minimum Gasteiger partial charge on any atom is -0.482 e. The molecule has 2 atom stereocenters. The summed E-state index contributed by atoms with van der Waals surface area (Å²) in [6, 6.07) is 7.12. The second-order valence-corrected chi connectivity index (χ2v) is 7.11. The zero-order valence-corrected chi connectivity index (χ0v) is 16.5. The Balaban J connectivity index is 1.91. The van der Waals surface area contributed by atoms with Crippen LogP contribution in [0.15, 0.2) is 72.0 Å². The number of pyridine rings is 1. The van der Waals surface area contributed by atoms with Crippen molar-refractivity contribution in [1.82, 2.24) is 4.98 Å². The van der Waals surface area contributed by atoms with Gasteiger partial charge in [-0.2, -0.15) is 13.2 Å². The summed E-state index contributed by atoms with van der Waals surface area (Å²) in [5, 5.41) is 0. The topological polar surface area (TPSA) is 48.1 Å². The summed E-state index contributed by atoms with van der Waals surface area (Å²) in [7, 11) is 0. The first kappa shape index (κ1) is 20.7. The minimum absolute atomic E-state index is 0.0306. The standard InChI is InChI=1S/C23H23F3N2O/c1-14-7-6-8-17(11-15(14)2)18-12-21(22(27)28-13-18)29-16(3)19-9-4-5-10-20(19)23(24,25)26/h4-13,16-17H,1-3H3,(H2,27,28). The summed E-state index contributed by atoms with van der Waals surface area (Å²) in [6.07, 6.45) is 4.50. The number of allylic oxidation sites excluding steroid dienone is 6. The van der Waals surface area contributed by atoms with E-state index in [1.54, 1.807) is 25.3 Å². The van der Waals surface area contributed by atoms with Crippen LogP contribution in [-0.2, 0) is 6.18 Å². The molecule has 2 unspecified atom stereocenters. The first-order valence-electron chi connectivity index (χ1n) is 9.29. The van der Waals surface area contributed by atoms with Crippen molar-refractivity contribution in [2.75, 3.05) is 5.73 Å². The molecule has 0 bridgehead atoms. The van der Waals surface area contributed by atoms with Gasteiger partial charge in [0.25, 0.3) is 0 Å². The van der Waals surface area contributed by atoms with Crippen molar-refractivity contribution in [2.45, 2.75) is 39.0 Å². The molecular weight excluding hydrogens is 377 g/mol. The molecule has 6 heteroatoms. The van der Waals surface area contributed by atoms with E-state index in [0.29, 0.717) is 0 Å². The maximum Gasteiger partial charge on any atom is 0.416 e. The summed E-state index contributed by atoms with van der Waals surface area (Å²) in [4.78, 5) is 4.20. The van der Waals surface area contributed by atoms with E-state index in [0.717, 1.165) is 17.2 Å². The molecule has 1 aliphatic rings. The lowest BCUT2D eigenvalue weighted by atomic mass is 9.97. The molecule has 2 N–H and O–H groups in total. The maximum absolute atomic E-state index is 13.3. The molecule has 0 saturated carbocycles. The van der Waals surface area contributed by atoms with E-state index in [1.807, 2.05) is 32.1 Å². The van der Waals surface area contributed by atoms with Crippen LogP contribution in [0.25, 0.3) is 0 Å². The highest BCUT2D eigenvalue weighted by molar-refractivity contribution is 5.50. The van der Waals surface area contributed by atoms with Gasteiger partial charge in [-0.15, -0.1) is 0 Å². The van der Waals surface area contributed by atoms with E-state index >= 15 is 0 Å². The third kappa shape index (κ3) is 4.70. The molecule has 3 nitrogen and oxygen atoms in total. The Labute approximate surface area is 168 Å².